The van der Waals surface area contributed by atoms with Crippen molar-refractivity contribution in [3.63, 3.8) is 0 Å². The van der Waals surface area contributed by atoms with Gasteiger partial charge in [0.25, 0.3) is 0 Å². The van der Waals surface area contributed by atoms with Crippen molar-refractivity contribution in [1.82, 2.24) is 4.98 Å². The van der Waals surface area contributed by atoms with Crippen molar-refractivity contribution in [1.29, 1.82) is 0 Å². The van der Waals surface area contributed by atoms with Crippen LogP contribution in [0.25, 0.3) is 22.0 Å². The van der Waals surface area contributed by atoms with Crippen LogP contribution in [0.4, 0.5) is 13.2 Å². The smallest absolute Gasteiger partial charge is 0.443 e. The van der Waals surface area contributed by atoms with E-state index < -0.39 is 17.2 Å². The predicted molar refractivity (Wildman–Crippen MR) is 81.4 cm³/mol. The Morgan fingerprint density at radius 1 is 1.22 bits per heavy atom. The van der Waals surface area contributed by atoms with Crippen molar-refractivity contribution in [3.05, 3.63) is 52.3 Å². The van der Waals surface area contributed by atoms with Crippen LogP contribution in [0, 0.1) is 0 Å². The molecule has 0 spiro atoms. The highest BCUT2D eigenvalue weighted by molar-refractivity contribution is 7.10. The molecule has 0 saturated carbocycles. The number of rotatable bonds is 3. The fourth-order valence-electron chi connectivity index (χ4n) is 2.35. The molecule has 1 N–H and O–H groups in total. The van der Waals surface area contributed by atoms with Gasteiger partial charge in [-0.25, -0.2) is 4.98 Å². The summed E-state index contributed by atoms with van der Waals surface area (Å²) in [4.78, 5) is 14.6. The maximum atomic E-state index is 12.7. The van der Waals surface area contributed by atoms with E-state index in [4.69, 9.17) is 5.11 Å². The minimum Gasteiger partial charge on any atom is -0.481 e. The molecule has 0 saturated heterocycles. The molecule has 7 heteroatoms. The molecule has 0 atom stereocenters. The molecule has 2 aromatic carbocycles. The molecule has 3 nitrogen and oxygen atoms in total. The van der Waals surface area contributed by atoms with Crippen molar-refractivity contribution in [2.24, 2.45) is 0 Å². The first-order valence-corrected chi connectivity index (χ1v) is 7.49. The summed E-state index contributed by atoms with van der Waals surface area (Å²) in [5.41, 5.74) is 1.37. The van der Waals surface area contributed by atoms with Gasteiger partial charge in [-0.3, -0.25) is 4.79 Å². The van der Waals surface area contributed by atoms with Gasteiger partial charge in [0, 0.05) is 10.9 Å². The molecule has 118 valence electrons. The molecule has 0 radical (unpaired) electrons. The highest BCUT2D eigenvalue weighted by Crippen LogP contribution is 2.35. The molecule has 0 fully saturated rings. The lowest BCUT2D eigenvalue weighted by Crippen LogP contribution is -2.03. The van der Waals surface area contributed by atoms with E-state index in [1.807, 2.05) is 6.07 Å². The fraction of sp³-hybridized carbons (Fsp3) is 0.125. The number of alkyl halides is 3. The Morgan fingerprint density at radius 2 is 2.00 bits per heavy atom. The van der Waals surface area contributed by atoms with E-state index >= 15 is 0 Å². The number of nitrogens with zero attached hydrogens (tertiary/aromatic N) is 1. The Bertz CT molecular complexity index is 886. The number of carboxylic acids is 1. The van der Waals surface area contributed by atoms with Crippen LogP contribution in [0.1, 0.15) is 10.6 Å². The van der Waals surface area contributed by atoms with E-state index in [9.17, 15) is 18.0 Å². The van der Waals surface area contributed by atoms with Crippen molar-refractivity contribution in [3.8, 4) is 11.3 Å². The third-order valence-corrected chi connectivity index (χ3v) is 4.24. The molecular weight excluding hydrogens is 327 g/mol. The molecule has 0 aliphatic carbocycles. The van der Waals surface area contributed by atoms with E-state index in [-0.39, 0.29) is 12.1 Å². The first kappa shape index (κ1) is 15.5. The standard InChI is InChI=1S/C16H10F3NO2S/c17-16(18,19)15-20-13(8-23-15)11-5-4-9-2-1-3-10(7-14(21)22)12(9)6-11/h1-6,8H,7H2,(H,21,22). The number of carbonyl (C=O) groups is 1. The molecule has 0 unspecified atom stereocenters. The summed E-state index contributed by atoms with van der Waals surface area (Å²) in [6.07, 6.45) is -4.61. The number of carboxylic acid groups (broad SMARTS) is 1. The molecule has 3 rings (SSSR count). The second-order valence-electron chi connectivity index (χ2n) is 4.96. The number of hydrogen-bond acceptors (Lipinski definition) is 3. The van der Waals surface area contributed by atoms with Crippen LogP contribution in [-0.4, -0.2) is 16.1 Å². The zero-order chi connectivity index (χ0) is 16.6. The molecule has 1 heterocycles. The normalized spacial score (nSPS) is 11.8. The molecule has 0 amide bonds. The molecule has 0 aliphatic rings. The zero-order valence-corrected chi connectivity index (χ0v) is 12.4. The number of fused-ring (bicyclic) bond motifs is 1. The van der Waals surface area contributed by atoms with Crippen LogP contribution < -0.4 is 0 Å². The van der Waals surface area contributed by atoms with Gasteiger partial charge in [-0.05, 0) is 22.4 Å². The molecule has 1 aromatic heterocycles. The molecular formula is C16H10F3NO2S. The average Bonchev–Trinajstić information content (AvgIpc) is 2.96. The van der Waals surface area contributed by atoms with Gasteiger partial charge in [-0.2, -0.15) is 13.2 Å². The fourth-order valence-corrected chi connectivity index (χ4v) is 3.05. The van der Waals surface area contributed by atoms with E-state index in [1.165, 1.54) is 5.38 Å². The second kappa shape index (κ2) is 5.66. The Morgan fingerprint density at radius 3 is 2.65 bits per heavy atom. The van der Waals surface area contributed by atoms with E-state index in [1.54, 1.807) is 30.3 Å². The van der Waals surface area contributed by atoms with Crippen molar-refractivity contribution in [2.45, 2.75) is 12.6 Å². The Balaban J connectivity index is 2.09. The Labute approximate surface area is 133 Å². The number of halogens is 3. The Kier molecular flexibility index (Phi) is 3.81. The highest BCUT2D eigenvalue weighted by atomic mass is 32.1. The zero-order valence-electron chi connectivity index (χ0n) is 11.6. The van der Waals surface area contributed by atoms with E-state index in [2.05, 4.69) is 4.98 Å². The number of benzene rings is 2. The maximum Gasteiger partial charge on any atom is 0.443 e. The Hall–Kier alpha value is -2.41. The van der Waals surface area contributed by atoms with Gasteiger partial charge in [-0.15, -0.1) is 11.3 Å². The highest BCUT2D eigenvalue weighted by Gasteiger charge is 2.34. The van der Waals surface area contributed by atoms with Crippen LogP contribution in [0.5, 0.6) is 0 Å². The summed E-state index contributed by atoms with van der Waals surface area (Å²) in [5, 5.41) is 11.0. The molecule has 0 bridgehead atoms. The summed E-state index contributed by atoms with van der Waals surface area (Å²) in [6.45, 7) is 0. The maximum absolute atomic E-state index is 12.7. The van der Waals surface area contributed by atoms with Crippen molar-refractivity contribution < 1.29 is 23.1 Å². The summed E-state index contributed by atoms with van der Waals surface area (Å²) in [7, 11) is 0. The van der Waals surface area contributed by atoms with Crippen molar-refractivity contribution >= 4 is 28.1 Å². The van der Waals surface area contributed by atoms with Crippen LogP contribution >= 0.6 is 11.3 Å². The predicted octanol–water partition coefficient (Wildman–Crippen LogP) is 4.61. The monoisotopic (exact) mass is 337 g/mol. The number of aromatic nitrogens is 1. The average molecular weight is 337 g/mol. The van der Waals surface area contributed by atoms with Crippen LogP contribution in [0.2, 0.25) is 0 Å². The summed E-state index contributed by atoms with van der Waals surface area (Å²) < 4.78 is 38.0. The van der Waals surface area contributed by atoms with Gasteiger partial charge in [0.1, 0.15) is 0 Å². The lowest BCUT2D eigenvalue weighted by atomic mass is 9.99. The topological polar surface area (TPSA) is 50.2 Å². The minimum atomic E-state index is -4.46. The third kappa shape index (κ3) is 3.19. The number of thiazole rings is 1. The van der Waals surface area contributed by atoms with Gasteiger partial charge in [0.15, 0.2) is 5.01 Å². The van der Waals surface area contributed by atoms with Crippen molar-refractivity contribution in [2.75, 3.05) is 0 Å². The number of hydrogen-bond donors (Lipinski definition) is 1. The minimum absolute atomic E-state index is 0.147. The largest absolute Gasteiger partial charge is 0.481 e. The van der Waals surface area contributed by atoms with Crippen LogP contribution in [0.15, 0.2) is 41.8 Å². The summed E-state index contributed by atoms with van der Waals surface area (Å²) in [6, 6.07) is 10.4. The van der Waals surface area contributed by atoms with Crippen LogP contribution in [-0.2, 0) is 17.4 Å². The summed E-state index contributed by atoms with van der Waals surface area (Å²) in [5.74, 6) is -0.962. The quantitative estimate of drug-likeness (QED) is 0.759. The SMILES string of the molecule is O=C(O)Cc1cccc2ccc(-c3csc(C(F)(F)F)n3)cc12. The van der Waals surface area contributed by atoms with Gasteiger partial charge in [-0.1, -0.05) is 30.3 Å². The van der Waals surface area contributed by atoms with E-state index in [0.717, 1.165) is 5.39 Å². The van der Waals surface area contributed by atoms with Gasteiger partial charge >= 0.3 is 12.1 Å². The second-order valence-corrected chi connectivity index (χ2v) is 5.82. The first-order chi connectivity index (χ1) is 10.8. The van der Waals surface area contributed by atoms with Crippen LogP contribution in [0.3, 0.4) is 0 Å². The molecule has 3 aromatic rings. The van der Waals surface area contributed by atoms with Gasteiger partial charge in [0.2, 0.25) is 0 Å². The molecule has 23 heavy (non-hydrogen) atoms. The summed E-state index contributed by atoms with van der Waals surface area (Å²) >= 11 is 0.541. The van der Waals surface area contributed by atoms with Gasteiger partial charge in [0.05, 0.1) is 12.1 Å². The lowest BCUT2D eigenvalue weighted by molar-refractivity contribution is -0.138. The molecule has 0 aliphatic heterocycles. The third-order valence-electron chi connectivity index (χ3n) is 3.36. The van der Waals surface area contributed by atoms with E-state index in [0.29, 0.717) is 27.8 Å². The lowest BCUT2D eigenvalue weighted by Gasteiger charge is -2.06. The van der Waals surface area contributed by atoms with Gasteiger partial charge < -0.3 is 5.11 Å². The number of aliphatic carboxylic acids is 1. The first-order valence-electron chi connectivity index (χ1n) is 6.61.